The van der Waals surface area contributed by atoms with E-state index in [0.717, 1.165) is 0 Å². The highest BCUT2D eigenvalue weighted by Gasteiger charge is 2.15. The van der Waals surface area contributed by atoms with Crippen molar-refractivity contribution >= 4 is 28.0 Å². The van der Waals surface area contributed by atoms with Crippen LogP contribution in [0.25, 0.3) is 0 Å². The van der Waals surface area contributed by atoms with Gasteiger partial charge in [0.05, 0.1) is 5.69 Å². The number of rotatable bonds is 4. The summed E-state index contributed by atoms with van der Waals surface area (Å²) in [5.41, 5.74) is 3.56. The van der Waals surface area contributed by atoms with Crippen LogP contribution in [0, 0.1) is 0 Å². The molecule has 0 atom stereocenters. The van der Waals surface area contributed by atoms with Gasteiger partial charge in [-0.15, -0.1) is 0 Å². The van der Waals surface area contributed by atoms with Crippen molar-refractivity contribution in [1.82, 2.24) is 0 Å². The highest BCUT2D eigenvalue weighted by molar-refractivity contribution is 7.95. The van der Waals surface area contributed by atoms with Gasteiger partial charge in [-0.1, -0.05) is 42.5 Å². The van der Waals surface area contributed by atoms with E-state index in [-0.39, 0.29) is 10.9 Å². The van der Waals surface area contributed by atoms with E-state index in [4.69, 9.17) is 0 Å². The first-order chi connectivity index (χ1) is 10.8. The molecule has 0 radical (unpaired) electrons. The van der Waals surface area contributed by atoms with Crippen molar-refractivity contribution in [3.63, 3.8) is 0 Å². The van der Waals surface area contributed by atoms with Gasteiger partial charge in [-0.3, -0.25) is 0 Å². The Hall–Kier alpha value is -2.19. The minimum absolute atomic E-state index is 0.255. The van der Waals surface area contributed by atoms with E-state index in [1.165, 1.54) is 22.0 Å². The standard InChI is InChI=1S/C20H20NS/c1-22(2)20-15-9-14-19(16-20)21(17-10-5-3-6-11-17)18-12-7-4-8-13-18/h3-16H,1-2H3/q+1. The minimum Gasteiger partial charge on any atom is -0.310 e. The Morgan fingerprint density at radius 3 is 1.59 bits per heavy atom. The van der Waals surface area contributed by atoms with Crippen LogP contribution in [-0.4, -0.2) is 12.5 Å². The molecule has 0 aliphatic carbocycles. The van der Waals surface area contributed by atoms with E-state index < -0.39 is 0 Å². The van der Waals surface area contributed by atoms with E-state index in [1.807, 2.05) is 0 Å². The van der Waals surface area contributed by atoms with Crippen molar-refractivity contribution in [2.24, 2.45) is 0 Å². The van der Waals surface area contributed by atoms with Crippen LogP contribution in [-0.2, 0) is 10.9 Å². The van der Waals surface area contributed by atoms with Gasteiger partial charge >= 0.3 is 0 Å². The van der Waals surface area contributed by atoms with Crippen molar-refractivity contribution in [1.29, 1.82) is 0 Å². The topological polar surface area (TPSA) is 3.24 Å². The molecule has 0 unspecified atom stereocenters. The SMILES string of the molecule is C[S+](C)c1cccc(N(c2ccccc2)c2ccccc2)c1. The van der Waals surface area contributed by atoms with Gasteiger partial charge in [-0.25, -0.2) is 0 Å². The molecule has 0 spiro atoms. The normalized spacial score (nSPS) is 10.7. The second-order valence-electron chi connectivity index (χ2n) is 5.32. The Labute approximate surface area is 135 Å². The third-order valence-corrected chi connectivity index (χ3v) is 4.77. The molecule has 0 fully saturated rings. The summed E-state index contributed by atoms with van der Waals surface area (Å²) in [5, 5.41) is 0. The Balaban J connectivity index is 2.12. The van der Waals surface area contributed by atoms with Gasteiger partial charge in [0.1, 0.15) is 12.5 Å². The van der Waals surface area contributed by atoms with Crippen molar-refractivity contribution in [3.05, 3.63) is 84.9 Å². The van der Waals surface area contributed by atoms with Gasteiger partial charge in [-0.2, -0.15) is 0 Å². The first-order valence-corrected chi connectivity index (χ1v) is 9.38. The van der Waals surface area contributed by atoms with Crippen LogP contribution >= 0.6 is 0 Å². The molecule has 1 nitrogen and oxygen atoms in total. The largest absolute Gasteiger partial charge is 0.310 e. The first kappa shape index (κ1) is 14.7. The Morgan fingerprint density at radius 1 is 0.591 bits per heavy atom. The lowest BCUT2D eigenvalue weighted by molar-refractivity contribution is 1.26. The molecule has 0 heterocycles. The smallest absolute Gasteiger partial charge is 0.156 e. The predicted octanol–water partition coefficient (Wildman–Crippen LogP) is 5.39. The highest BCUT2D eigenvalue weighted by atomic mass is 32.2. The zero-order valence-electron chi connectivity index (χ0n) is 12.9. The maximum atomic E-state index is 2.30. The second-order valence-corrected chi connectivity index (χ2v) is 7.42. The zero-order valence-corrected chi connectivity index (χ0v) is 13.8. The number of para-hydroxylation sites is 2. The van der Waals surface area contributed by atoms with Crippen LogP contribution in [0.1, 0.15) is 0 Å². The second kappa shape index (κ2) is 6.71. The Morgan fingerprint density at radius 2 is 1.09 bits per heavy atom. The van der Waals surface area contributed by atoms with Crippen LogP contribution in [0.3, 0.4) is 0 Å². The summed E-state index contributed by atoms with van der Waals surface area (Å²) in [5.74, 6) is 0. The molecule has 0 aliphatic heterocycles. The lowest BCUT2D eigenvalue weighted by atomic mass is 10.2. The van der Waals surface area contributed by atoms with Gasteiger partial charge < -0.3 is 4.90 Å². The van der Waals surface area contributed by atoms with Gasteiger partial charge in [0, 0.05) is 28.3 Å². The van der Waals surface area contributed by atoms with Crippen LogP contribution in [0.2, 0.25) is 0 Å². The van der Waals surface area contributed by atoms with Gasteiger partial charge in [-0.05, 0) is 36.4 Å². The Bertz CT molecular complexity index is 683. The quantitative estimate of drug-likeness (QED) is 0.584. The third kappa shape index (κ3) is 3.18. The Kier molecular flexibility index (Phi) is 4.50. The summed E-state index contributed by atoms with van der Waals surface area (Å²) in [6.45, 7) is 0. The van der Waals surface area contributed by atoms with E-state index in [9.17, 15) is 0 Å². The molecular weight excluding hydrogens is 286 g/mol. The summed E-state index contributed by atoms with van der Waals surface area (Å²) in [6, 6.07) is 29.9. The van der Waals surface area contributed by atoms with E-state index >= 15 is 0 Å². The molecule has 3 rings (SSSR count). The average molecular weight is 306 g/mol. The molecule has 2 heteroatoms. The van der Waals surface area contributed by atoms with Crippen molar-refractivity contribution in [2.75, 3.05) is 17.4 Å². The van der Waals surface area contributed by atoms with Crippen molar-refractivity contribution < 1.29 is 0 Å². The molecule has 3 aromatic rings. The highest BCUT2D eigenvalue weighted by Crippen LogP contribution is 2.34. The summed E-state index contributed by atoms with van der Waals surface area (Å²) < 4.78 is 0. The zero-order chi connectivity index (χ0) is 15.4. The van der Waals surface area contributed by atoms with Crippen LogP contribution in [0.5, 0.6) is 0 Å². The van der Waals surface area contributed by atoms with Crippen molar-refractivity contribution in [2.45, 2.75) is 4.90 Å². The molecule has 0 N–H and O–H groups in total. The van der Waals surface area contributed by atoms with E-state index in [0.29, 0.717) is 0 Å². The van der Waals surface area contributed by atoms with E-state index in [1.54, 1.807) is 0 Å². The molecule has 110 valence electrons. The summed E-state index contributed by atoms with van der Waals surface area (Å²) >= 11 is 0. The molecule has 22 heavy (non-hydrogen) atoms. The number of anilines is 3. The van der Waals surface area contributed by atoms with Crippen LogP contribution in [0.15, 0.2) is 89.8 Å². The number of benzene rings is 3. The fourth-order valence-electron chi connectivity index (χ4n) is 2.48. The number of hydrogen-bond donors (Lipinski definition) is 0. The molecule has 0 saturated heterocycles. The lowest BCUT2D eigenvalue weighted by Gasteiger charge is -2.25. The van der Waals surface area contributed by atoms with Gasteiger partial charge in [0.2, 0.25) is 0 Å². The third-order valence-electron chi connectivity index (χ3n) is 3.58. The minimum atomic E-state index is 0.255. The number of hydrogen-bond acceptors (Lipinski definition) is 1. The fraction of sp³-hybridized carbons (Fsp3) is 0.100. The molecule has 0 aliphatic rings. The molecular formula is C20H20NS+. The summed E-state index contributed by atoms with van der Waals surface area (Å²) in [7, 11) is 0.255. The average Bonchev–Trinajstić information content (AvgIpc) is 2.57. The number of nitrogens with zero attached hydrogens (tertiary/aromatic N) is 1. The molecule has 3 aromatic carbocycles. The lowest BCUT2D eigenvalue weighted by Crippen LogP contribution is -2.10. The maximum absolute atomic E-state index is 2.30. The van der Waals surface area contributed by atoms with Crippen molar-refractivity contribution in [3.8, 4) is 0 Å². The monoisotopic (exact) mass is 306 g/mol. The predicted molar refractivity (Wildman–Crippen MR) is 98.6 cm³/mol. The molecule has 0 saturated carbocycles. The van der Waals surface area contributed by atoms with Crippen LogP contribution < -0.4 is 4.90 Å². The first-order valence-electron chi connectivity index (χ1n) is 7.33. The van der Waals surface area contributed by atoms with Crippen LogP contribution in [0.4, 0.5) is 17.1 Å². The van der Waals surface area contributed by atoms with Gasteiger partial charge in [0.15, 0.2) is 4.90 Å². The van der Waals surface area contributed by atoms with Gasteiger partial charge in [0.25, 0.3) is 0 Å². The fourth-order valence-corrected chi connectivity index (χ4v) is 3.19. The summed E-state index contributed by atoms with van der Waals surface area (Å²) in [4.78, 5) is 3.69. The molecule has 0 amide bonds. The van der Waals surface area contributed by atoms with E-state index in [2.05, 4.69) is 102 Å². The molecule has 0 bridgehead atoms. The summed E-state index contributed by atoms with van der Waals surface area (Å²) in [6.07, 6.45) is 4.52. The maximum Gasteiger partial charge on any atom is 0.156 e. The molecule has 0 aromatic heterocycles.